The Labute approximate surface area is 385 Å². The van der Waals surface area contributed by atoms with Gasteiger partial charge in [0.05, 0.1) is 24.0 Å². The zero-order chi connectivity index (χ0) is 43.0. The quantitative estimate of drug-likeness (QED) is 0.100. The van der Waals surface area contributed by atoms with Gasteiger partial charge in [0.2, 0.25) is 0 Å². The standard InChI is InChI=1S/C67H10O4/c1-3-70-63(68)67(64(69)71-4-2)65-59-51-43-33-23-15-7-5-6-9-13-11(7)19-27-21(13)31-25-17(9)18-10(6)14-12-8(5)16(15)24-30-20(12)28-22(14)32-26(18)36-35(25)45-39(31)49-41(27)47(37(43)29(19)23)55(59)57(49)61-53(45)54-46(36)40(32)50-42(28)48-38(30)44(34(24)33)52(51)60(65)56(48)58(50)62(54)66(61,65)67/h3-4H2,1-2H3. The fraction of sp³-hybridized carbons (Fsp3) is 0.104. The van der Waals surface area contributed by atoms with Crippen LogP contribution in [-0.2, 0) is 29.9 Å². The summed E-state index contributed by atoms with van der Waals surface area (Å²) in [5.41, 5.74) is 1.41. The molecule has 4 heteroatoms. The van der Waals surface area contributed by atoms with Crippen molar-refractivity contribution in [3.05, 3.63) is 22.3 Å². The van der Waals surface area contributed by atoms with Crippen LogP contribution < -0.4 is 0 Å². The van der Waals surface area contributed by atoms with Crippen LogP contribution in [0, 0.1) is 5.41 Å². The number of hydrogen-bond donors (Lipinski definition) is 0. The van der Waals surface area contributed by atoms with Gasteiger partial charge in [0.25, 0.3) is 0 Å². The first kappa shape index (κ1) is 27.0. The average molecular weight is 879 g/mol. The molecule has 71 heavy (non-hydrogen) atoms. The molecule has 0 atom stereocenters. The Kier molecular flexibility index (Phi) is 2.27. The van der Waals surface area contributed by atoms with Crippen LogP contribution in [0.15, 0.2) is 0 Å². The predicted octanol–water partition coefficient (Wildman–Crippen LogP) is 16.4. The zero-order valence-corrected chi connectivity index (χ0v) is 36.5. The molecule has 28 aromatic carbocycles. The molecule has 0 unspecified atom stereocenters. The number of benzene rings is 18. The van der Waals surface area contributed by atoms with Gasteiger partial charge in [0.15, 0.2) is 5.41 Å². The second-order valence-electron chi connectivity index (χ2n) is 25.4. The molecule has 2 spiro atoms. The second-order valence-corrected chi connectivity index (χ2v) is 25.4. The predicted molar refractivity (Wildman–Crippen MR) is 290 cm³/mol. The molecule has 5 aliphatic rings. The maximum atomic E-state index is 16.6. The van der Waals surface area contributed by atoms with Crippen LogP contribution in [0.5, 0.6) is 0 Å². The average Bonchev–Trinajstić information content (AvgIpc) is 3.79. The lowest BCUT2D eigenvalue weighted by Crippen LogP contribution is -2.38. The molecule has 0 bridgehead atoms. The van der Waals surface area contributed by atoms with Gasteiger partial charge in [-0.3, -0.25) is 9.59 Å². The summed E-state index contributed by atoms with van der Waals surface area (Å²) in [6.45, 7) is 4.27. The highest BCUT2D eigenvalue weighted by Crippen LogP contribution is 2.96. The Balaban J connectivity index is 1.19. The number of carbonyl (C=O) groups is 2. The SMILES string of the molecule is CCOC(=O)C1(C(=O)OCC)C23c4c5c6c7c8c9c(c%10c%11c2c2c4c4c%12c5c5c6c6c8c8c%13c9c9c%10c%10c%11c%11c2c2c4c4c%12c%12c5c5c6c8c6c8c%13c9c9c%10c%10c%11c2c2c4c4c%12c5c6c5c8c9c%10c2c45)C713. The van der Waals surface area contributed by atoms with Crippen molar-refractivity contribution in [2.24, 2.45) is 5.41 Å². The number of esters is 2. The third kappa shape index (κ3) is 1.36. The maximum Gasteiger partial charge on any atom is 0.326 e. The summed E-state index contributed by atoms with van der Waals surface area (Å²) in [6.07, 6.45) is 0. The van der Waals surface area contributed by atoms with Crippen molar-refractivity contribution in [3.63, 3.8) is 0 Å². The van der Waals surface area contributed by atoms with E-state index in [1.54, 1.807) is 97.0 Å². The van der Waals surface area contributed by atoms with Gasteiger partial charge < -0.3 is 9.47 Å². The minimum atomic E-state index is -1.66. The molecule has 1 fully saturated rings. The summed E-state index contributed by atoms with van der Waals surface area (Å²) in [5.74, 6) is -0.762. The van der Waals surface area contributed by atoms with Gasteiger partial charge >= 0.3 is 11.9 Å². The Morgan fingerprint density at radius 1 is 0.225 bits per heavy atom. The molecule has 33 rings (SSSR count). The Bertz CT molecular complexity index is 6720. The van der Waals surface area contributed by atoms with Gasteiger partial charge in [-0.25, -0.2) is 0 Å². The molecule has 302 valence electrons. The lowest BCUT2D eigenvalue weighted by molar-refractivity contribution is -0.166. The lowest BCUT2D eigenvalue weighted by atomic mass is 9.68. The summed E-state index contributed by atoms with van der Waals surface area (Å²) in [6, 6.07) is 0. The van der Waals surface area contributed by atoms with Gasteiger partial charge in [0.1, 0.15) is 0 Å². The largest absolute Gasteiger partial charge is 0.465 e. The van der Waals surface area contributed by atoms with E-state index in [-0.39, 0.29) is 25.2 Å². The highest BCUT2D eigenvalue weighted by atomic mass is 16.6. The van der Waals surface area contributed by atoms with E-state index in [1.807, 2.05) is 13.8 Å². The molecule has 28 aromatic rings. The van der Waals surface area contributed by atoms with Gasteiger partial charge in [-0.2, -0.15) is 0 Å². The van der Waals surface area contributed by atoms with Gasteiger partial charge in [0, 0.05) is 0 Å². The first-order valence-corrected chi connectivity index (χ1v) is 26.3. The fourth-order valence-electron chi connectivity index (χ4n) is 25.7. The number of rotatable bonds is 4. The Morgan fingerprint density at radius 2 is 0.338 bits per heavy atom. The van der Waals surface area contributed by atoms with Crippen molar-refractivity contribution in [3.8, 4) is 0 Å². The third-order valence-corrected chi connectivity index (χ3v) is 25.5. The second kappa shape index (κ2) is 5.99. The minimum absolute atomic E-state index is 0.199. The zero-order valence-electron chi connectivity index (χ0n) is 36.5. The first-order valence-electron chi connectivity index (χ1n) is 26.3. The normalized spacial score (nSPS) is 20.0. The Morgan fingerprint density at radius 3 is 0.451 bits per heavy atom. The topological polar surface area (TPSA) is 52.6 Å². The summed E-state index contributed by atoms with van der Waals surface area (Å²) in [4.78, 5) is 33.2. The van der Waals surface area contributed by atoms with Gasteiger partial charge in [-0.1, -0.05) is 0 Å². The van der Waals surface area contributed by atoms with Crippen molar-refractivity contribution in [1.29, 1.82) is 0 Å². The van der Waals surface area contributed by atoms with E-state index in [0.29, 0.717) is 0 Å². The number of carbonyl (C=O) groups excluding carboxylic acids is 2. The van der Waals surface area contributed by atoms with Crippen LogP contribution in [0.2, 0.25) is 0 Å². The van der Waals surface area contributed by atoms with E-state index in [4.69, 9.17) is 9.47 Å². The molecule has 0 saturated heterocycles. The Hall–Kier alpha value is -8.60. The molecular formula is C67H10O4. The number of hydrogen-bond acceptors (Lipinski definition) is 4. The van der Waals surface area contributed by atoms with Crippen molar-refractivity contribution in [1.82, 2.24) is 0 Å². The summed E-state index contributed by atoms with van der Waals surface area (Å²) < 4.78 is 13.3. The van der Waals surface area contributed by atoms with Crippen LogP contribution in [0.4, 0.5) is 0 Å². The van der Waals surface area contributed by atoms with Crippen LogP contribution in [-0.4, -0.2) is 25.2 Å². The van der Waals surface area contributed by atoms with E-state index in [1.165, 1.54) is 216 Å². The molecule has 0 aromatic heterocycles. The maximum absolute atomic E-state index is 16.6. The van der Waals surface area contributed by atoms with E-state index >= 15 is 9.59 Å². The first-order chi connectivity index (χ1) is 35.2. The van der Waals surface area contributed by atoms with E-state index < -0.39 is 16.2 Å². The van der Waals surface area contributed by atoms with Crippen LogP contribution >= 0.6 is 0 Å². The highest BCUT2D eigenvalue weighted by molar-refractivity contribution is 6.82. The molecule has 1 saturated carbocycles. The molecule has 0 radical (unpaired) electrons. The molecule has 0 amide bonds. The molecule has 0 N–H and O–H groups in total. The summed E-state index contributed by atoms with van der Waals surface area (Å²) in [5, 5.41) is 80.4. The van der Waals surface area contributed by atoms with Crippen LogP contribution in [0.1, 0.15) is 36.1 Å². The molecule has 0 aliphatic heterocycles. The summed E-state index contributed by atoms with van der Waals surface area (Å²) >= 11 is 0. The third-order valence-electron chi connectivity index (χ3n) is 25.5. The fourth-order valence-corrected chi connectivity index (χ4v) is 25.7. The van der Waals surface area contributed by atoms with Crippen LogP contribution in [0.3, 0.4) is 0 Å². The molecule has 0 heterocycles. The van der Waals surface area contributed by atoms with E-state index in [2.05, 4.69) is 0 Å². The molecule has 5 aliphatic carbocycles. The molecule has 4 nitrogen and oxygen atoms in total. The van der Waals surface area contributed by atoms with Crippen molar-refractivity contribution < 1.29 is 19.1 Å². The lowest BCUT2D eigenvalue weighted by Gasteiger charge is -2.32. The van der Waals surface area contributed by atoms with E-state index in [9.17, 15) is 0 Å². The van der Waals surface area contributed by atoms with Crippen molar-refractivity contribution in [2.75, 3.05) is 13.2 Å². The van der Waals surface area contributed by atoms with E-state index in [0.717, 1.165) is 0 Å². The smallest absolute Gasteiger partial charge is 0.326 e. The van der Waals surface area contributed by atoms with Crippen LogP contribution in [0.25, 0.3) is 291 Å². The minimum Gasteiger partial charge on any atom is -0.465 e. The number of ether oxygens (including phenoxy) is 2. The molecular weight excluding hydrogens is 869 g/mol. The van der Waals surface area contributed by atoms with Crippen molar-refractivity contribution >= 4 is 303 Å². The van der Waals surface area contributed by atoms with Gasteiger partial charge in [-0.15, -0.1) is 0 Å². The highest BCUT2D eigenvalue weighted by Gasteiger charge is 3.01. The van der Waals surface area contributed by atoms with Gasteiger partial charge in [-0.05, 0) is 327 Å². The van der Waals surface area contributed by atoms with Crippen molar-refractivity contribution in [2.45, 2.75) is 24.7 Å². The summed E-state index contributed by atoms with van der Waals surface area (Å²) in [7, 11) is 0. The monoisotopic (exact) mass is 878 g/mol.